The lowest BCUT2D eigenvalue weighted by Gasteiger charge is -2.21. The Morgan fingerprint density at radius 1 is 1.14 bits per heavy atom. The van der Waals surface area contributed by atoms with Crippen molar-refractivity contribution in [3.8, 4) is 0 Å². The van der Waals surface area contributed by atoms with Crippen LogP contribution in [0.25, 0.3) is 10.9 Å². The quantitative estimate of drug-likeness (QED) is 0.548. The third kappa shape index (κ3) is 5.63. The first-order valence-corrected chi connectivity index (χ1v) is 8.96. The van der Waals surface area contributed by atoms with Gasteiger partial charge in [0.25, 0.3) is 0 Å². The van der Waals surface area contributed by atoms with Crippen LogP contribution in [-0.2, 0) is 25.7 Å². The van der Waals surface area contributed by atoms with Gasteiger partial charge in [-0.1, -0.05) is 26.0 Å². The first-order valence-electron chi connectivity index (χ1n) is 8.96. The molecule has 9 nitrogen and oxygen atoms in total. The van der Waals surface area contributed by atoms with Crippen molar-refractivity contribution in [3.05, 3.63) is 30.1 Å². The van der Waals surface area contributed by atoms with Gasteiger partial charge >= 0.3 is 5.97 Å². The van der Waals surface area contributed by atoms with Crippen molar-refractivity contribution in [1.82, 2.24) is 15.3 Å². The SMILES string of the molecule is COC(=O)CCC(=O)NCc1nc(N[C@H](C(N)=O)C(C)C)c2ccccc2n1. The Hall–Kier alpha value is -3.23. The lowest BCUT2D eigenvalue weighted by Crippen LogP contribution is -2.40. The molecule has 1 aromatic carbocycles. The summed E-state index contributed by atoms with van der Waals surface area (Å²) in [5.41, 5.74) is 6.17. The molecule has 0 aliphatic carbocycles. The van der Waals surface area contributed by atoms with E-state index in [1.807, 2.05) is 38.1 Å². The third-order valence-electron chi connectivity index (χ3n) is 4.14. The summed E-state index contributed by atoms with van der Waals surface area (Å²) in [7, 11) is 1.27. The van der Waals surface area contributed by atoms with Gasteiger partial charge in [0, 0.05) is 11.8 Å². The number of amides is 2. The van der Waals surface area contributed by atoms with Gasteiger partial charge in [0.05, 0.1) is 25.6 Å². The lowest BCUT2D eigenvalue weighted by atomic mass is 10.0. The van der Waals surface area contributed by atoms with Crippen molar-refractivity contribution in [1.29, 1.82) is 0 Å². The number of ether oxygens (including phenoxy) is 1. The van der Waals surface area contributed by atoms with Crippen LogP contribution in [0.5, 0.6) is 0 Å². The number of rotatable bonds is 9. The molecular formula is C19H25N5O4. The summed E-state index contributed by atoms with van der Waals surface area (Å²) in [5, 5.41) is 6.52. The molecule has 28 heavy (non-hydrogen) atoms. The smallest absolute Gasteiger partial charge is 0.306 e. The van der Waals surface area contributed by atoms with Gasteiger partial charge in [0.1, 0.15) is 11.9 Å². The Morgan fingerprint density at radius 3 is 2.50 bits per heavy atom. The molecule has 0 radical (unpaired) electrons. The monoisotopic (exact) mass is 387 g/mol. The fourth-order valence-corrected chi connectivity index (χ4v) is 2.61. The molecule has 2 rings (SSSR count). The van der Waals surface area contributed by atoms with Crippen LogP contribution < -0.4 is 16.4 Å². The van der Waals surface area contributed by atoms with Crippen LogP contribution >= 0.6 is 0 Å². The Kier molecular flexibility index (Phi) is 7.25. The molecule has 2 amide bonds. The summed E-state index contributed by atoms with van der Waals surface area (Å²) < 4.78 is 4.51. The number of benzene rings is 1. The summed E-state index contributed by atoms with van der Waals surface area (Å²) in [6.07, 6.45) is 0.0187. The zero-order valence-electron chi connectivity index (χ0n) is 16.2. The minimum Gasteiger partial charge on any atom is -0.469 e. The minimum atomic E-state index is -0.596. The number of esters is 1. The van der Waals surface area contributed by atoms with E-state index in [9.17, 15) is 14.4 Å². The van der Waals surface area contributed by atoms with Gasteiger partial charge in [-0.25, -0.2) is 9.97 Å². The second-order valence-corrected chi connectivity index (χ2v) is 6.63. The van der Waals surface area contributed by atoms with Gasteiger partial charge in [-0.05, 0) is 18.1 Å². The van der Waals surface area contributed by atoms with E-state index in [2.05, 4.69) is 25.3 Å². The van der Waals surface area contributed by atoms with Crippen LogP contribution in [0.3, 0.4) is 0 Å². The third-order valence-corrected chi connectivity index (χ3v) is 4.14. The van der Waals surface area contributed by atoms with E-state index < -0.39 is 17.9 Å². The molecule has 0 spiro atoms. The molecule has 0 bridgehead atoms. The summed E-state index contributed by atoms with van der Waals surface area (Å²) in [5.74, 6) is -0.423. The zero-order valence-corrected chi connectivity index (χ0v) is 16.2. The molecule has 150 valence electrons. The van der Waals surface area contributed by atoms with Crippen molar-refractivity contribution in [3.63, 3.8) is 0 Å². The number of carbonyl (C=O) groups excluding carboxylic acids is 3. The van der Waals surface area contributed by atoms with Crippen molar-refractivity contribution < 1.29 is 19.1 Å². The highest BCUT2D eigenvalue weighted by Gasteiger charge is 2.21. The van der Waals surface area contributed by atoms with Crippen LogP contribution in [0.2, 0.25) is 0 Å². The number of anilines is 1. The maximum absolute atomic E-state index is 11.9. The molecule has 2 aromatic rings. The van der Waals surface area contributed by atoms with E-state index >= 15 is 0 Å². The number of nitrogens with two attached hydrogens (primary N) is 1. The average Bonchev–Trinajstić information content (AvgIpc) is 2.67. The molecule has 1 aromatic heterocycles. The number of carbonyl (C=O) groups is 3. The van der Waals surface area contributed by atoms with Gasteiger partial charge in [0.15, 0.2) is 5.82 Å². The predicted molar refractivity (Wildman–Crippen MR) is 104 cm³/mol. The molecule has 0 unspecified atom stereocenters. The van der Waals surface area contributed by atoms with Crippen LogP contribution in [0.15, 0.2) is 24.3 Å². The van der Waals surface area contributed by atoms with Crippen molar-refractivity contribution in [2.24, 2.45) is 11.7 Å². The van der Waals surface area contributed by atoms with Gasteiger partial charge in [-0.2, -0.15) is 0 Å². The number of aromatic nitrogens is 2. The molecular weight excluding hydrogens is 362 g/mol. The molecule has 9 heteroatoms. The number of nitrogens with zero attached hydrogens (tertiary/aromatic N) is 2. The number of fused-ring (bicyclic) bond motifs is 1. The number of methoxy groups -OCH3 is 1. The predicted octanol–water partition coefficient (Wildman–Crippen LogP) is 1.12. The highest BCUT2D eigenvalue weighted by Crippen LogP contribution is 2.22. The number of nitrogens with one attached hydrogen (secondary N) is 2. The first-order chi connectivity index (χ1) is 13.3. The van der Waals surface area contributed by atoms with Crippen molar-refractivity contribution in [2.45, 2.75) is 39.3 Å². The number of para-hydroxylation sites is 1. The number of primary amides is 1. The maximum atomic E-state index is 11.9. The van der Waals surface area contributed by atoms with E-state index in [4.69, 9.17) is 5.73 Å². The van der Waals surface area contributed by atoms with Crippen molar-refractivity contribution >= 4 is 34.5 Å². The van der Waals surface area contributed by atoms with Gasteiger partial charge in [-0.3, -0.25) is 14.4 Å². The highest BCUT2D eigenvalue weighted by atomic mass is 16.5. The Bertz CT molecular complexity index is 869. The van der Waals surface area contributed by atoms with Crippen LogP contribution in [0.4, 0.5) is 5.82 Å². The number of hydrogen-bond donors (Lipinski definition) is 3. The minimum absolute atomic E-state index is 0.00238. The lowest BCUT2D eigenvalue weighted by molar-refractivity contribution is -0.142. The van der Waals surface area contributed by atoms with Crippen LogP contribution in [-0.4, -0.2) is 40.9 Å². The van der Waals surface area contributed by atoms with E-state index in [1.165, 1.54) is 7.11 Å². The Labute approximate surface area is 163 Å². The fraction of sp³-hybridized carbons (Fsp3) is 0.421. The van der Waals surface area contributed by atoms with E-state index in [0.29, 0.717) is 17.2 Å². The maximum Gasteiger partial charge on any atom is 0.306 e. The first kappa shape index (κ1) is 21.1. The molecule has 0 saturated carbocycles. The van der Waals surface area contributed by atoms with Gasteiger partial charge < -0.3 is 21.1 Å². The standard InChI is InChI=1S/C19H25N5O4/c1-11(2)17(18(20)27)24-19-12-6-4-5-7-13(12)22-14(23-19)10-21-15(25)8-9-16(26)28-3/h4-7,11,17H,8-10H2,1-3H3,(H2,20,27)(H,21,25)(H,22,23,24)/t17-/m0/s1. The topological polar surface area (TPSA) is 136 Å². The summed E-state index contributed by atoms with van der Waals surface area (Å²) in [6.45, 7) is 3.85. The summed E-state index contributed by atoms with van der Waals surface area (Å²) in [4.78, 5) is 43.7. The fourth-order valence-electron chi connectivity index (χ4n) is 2.61. The molecule has 1 heterocycles. The average molecular weight is 387 g/mol. The van der Waals surface area contributed by atoms with Crippen molar-refractivity contribution in [2.75, 3.05) is 12.4 Å². The summed E-state index contributed by atoms with van der Waals surface area (Å²) >= 11 is 0. The normalized spacial score (nSPS) is 11.9. The Morgan fingerprint density at radius 2 is 1.86 bits per heavy atom. The van der Waals surface area contributed by atoms with E-state index in [1.54, 1.807) is 0 Å². The molecule has 0 saturated heterocycles. The molecule has 0 fully saturated rings. The molecule has 1 atom stereocenters. The van der Waals surface area contributed by atoms with Crippen LogP contribution in [0, 0.1) is 5.92 Å². The second-order valence-electron chi connectivity index (χ2n) is 6.63. The van der Waals surface area contributed by atoms with Gasteiger partial charge in [-0.15, -0.1) is 0 Å². The molecule has 0 aliphatic rings. The van der Waals surface area contributed by atoms with E-state index in [0.717, 1.165) is 5.39 Å². The highest BCUT2D eigenvalue weighted by molar-refractivity contribution is 5.92. The largest absolute Gasteiger partial charge is 0.469 e. The Balaban J connectivity index is 2.20. The number of hydrogen-bond acceptors (Lipinski definition) is 7. The second kappa shape index (κ2) is 9.63. The summed E-state index contributed by atoms with van der Waals surface area (Å²) in [6, 6.07) is 6.75. The zero-order chi connectivity index (χ0) is 20.7. The van der Waals surface area contributed by atoms with E-state index in [-0.39, 0.29) is 31.2 Å². The van der Waals surface area contributed by atoms with Gasteiger partial charge in [0.2, 0.25) is 11.8 Å². The molecule has 4 N–H and O–H groups in total. The molecule has 0 aliphatic heterocycles. The van der Waals surface area contributed by atoms with Crippen LogP contribution in [0.1, 0.15) is 32.5 Å².